The van der Waals surface area contributed by atoms with Crippen LogP contribution in [0.4, 0.5) is 10.1 Å². The van der Waals surface area contributed by atoms with Crippen molar-refractivity contribution in [1.29, 1.82) is 0 Å². The van der Waals surface area contributed by atoms with Gasteiger partial charge in [-0.1, -0.05) is 23.2 Å². The molecule has 0 radical (unpaired) electrons. The number of benzene rings is 2. The quantitative estimate of drug-likeness (QED) is 0.657. The number of halogens is 4. The van der Waals surface area contributed by atoms with Crippen LogP contribution in [-0.2, 0) is 0 Å². The van der Waals surface area contributed by atoms with E-state index in [2.05, 4.69) is 10.4 Å². The van der Waals surface area contributed by atoms with Crippen LogP contribution in [0.25, 0.3) is 10.9 Å². The largest absolute Gasteiger partial charge is 0.504 e. The Morgan fingerprint density at radius 3 is 2.48 bits per heavy atom. The smallest absolute Gasteiger partial charge is 0.281 e. The molecule has 0 aliphatic heterocycles. The minimum atomic E-state index is -0.522. The first-order valence-electron chi connectivity index (χ1n) is 6.08. The van der Waals surface area contributed by atoms with E-state index in [4.69, 9.17) is 23.2 Å². The average Bonchev–Trinajstić information content (AvgIpc) is 2.49. The third-order valence-electron chi connectivity index (χ3n) is 3.01. The van der Waals surface area contributed by atoms with Crippen molar-refractivity contribution in [2.24, 2.45) is 0 Å². The van der Waals surface area contributed by atoms with Crippen molar-refractivity contribution in [3.8, 4) is 5.75 Å². The molecule has 0 aliphatic rings. The molecule has 0 amide bonds. The van der Waals surface area contributed by atoms with Gasteiger partial charge < -0.3 is 5.11 Å². The molecule has 9 heteroatoms. The number of rotatable bonds is 2. The first-order valence-corrected chi connectivity index (χ1v) is 6.84. The maximum atomic E-state index is 12.9. The molecule has 23 heavy (non-hydrogen) atoms. The molecule has 0 aliphatic carbocycles. The highest BCUT2D eigenvalue weighted by Crippen LogP contribution is 2.34. The predicted octanol–water partition coefficient (Wildman–Crippen LogP) is 4.00. The SMILES string of the molecule is Br.O=c1c2c(Cl)cc(Cl)c(O)c2ncn1Nc1ccc(F)cc1. The Kier molecular flexibility index (Phi) is 5.13. The Bertz CT molecular complexity index is 932. The van der Waals surface area contributed by atoms with Crippen molar-refractivity contribution >= 4 is 56.8 Å². The minimum absolute atomic E-state index is 0. The van der Waals surface area contributed by atoms with Crippen molar-refractivity contribution in [3.63, 3.8) is 0 Å². The molecular weight excluding hydrogens is 412 g/mol. The Morgan fingerprint density at radius 1 is 1.17 bits per heavy atom. The van der Waals surface area contributed by atoms with Crippen LogP contribution in [0.2, 0.25) is 10.0 Å². The molecule has 3 rings (SSSR count). The Morgan fingerprint density at radius 2 is 1.83 bits per heavy atom. The van der Waals surface area contributed by atoms with Gasteiger partial charge in [0.25, 0.3) is 5.56 Å². The second-order valence-corrected chi connectivity index (χ2v) is 5.27. The predicted molar refractivity (Wildman–Crippen MR) is 93.4 cm³/mol. The van der Waals surface area contributed by atoms with E-state index in [-0.39, 0.29) is 43.7 Å². The van der Waals surface area contributed by atoms with Gasteiger partial charge in [-0.15, -0.1) is 17.0 Å². The number of phenolic OH excluding ortho intramolecular Hbond substituents is 1. The number of anilines is 1. The highest BCUT2D eigenvalue weighted by molar-refractivity contribution is 8.93. The number of nitrogens with one attached hydrogen (secondary N) is 1. The lowest BCUT2D eigenvalue weighted by atomic mass is 10.2. The summed E-state index contributed by atoms with van der Waals surface area (Å²) in [6, 6.07) is 6.70. The van der Waals surface area contributed by atoms with Gasteiger partial charge in [0.15, 0.2) is 5.75 Å². The molecule has 3 aromatic rings. The van der Waals surface area contributed by atoms with Crippen molar-refractivity contribution in [2.75, 3.05) is 5.43 Å². The molecule has 1 heterocycles. The Hall–Kier alpha value is -1.83. The summed E-state index contributed by atoms with van der Waals surface area (Å²) >= 11 is 11.8. The molecule has 0 saturated heterocycles. The van der Waals surface area contributed by atoms with E-state index >= 15 is 0 Å². The van der Waals surface area contributed by atoms with Gasteiger partial charge in [-0.25, -0.2) is 14.1 Å². The lowest BCUT2D eigenvalue weighted by Crippen LogP contribution is -2.26. The van der Waals surface area contributed by atoms with Gasteiger partial charge in [0.2, 0.25) is 0 Å². The highest BCUT2D eigenvalue weighted by atomic mass is 79.9. The summed E-state index contributed by atoms with van der Waals surface area (Å²) in [5, 5.41) is 9.97. The van der Waals surface area contributed by atoms with Gasteiger partial charge in [-0.05, 0) is 30.3 Å². The van der Waals surface area contributed by atoms with Crippen LogP contribution in [0.1, 0.15) is 0 Å². The Balaban J connectivity index is 0.00000192. The number of fused-ring (bicyclic) bond motifs is 1. The molecule has 0 atom stereocenters. The summed E-state index contributed by atoms with van der Waals surface area (Å²) < 4.78 is 14.0. The lowest BCUT2D eigenvalue weighted by molar-refractivity contribution is 0.480. The number of nitrogens with zero attached hydrogens (tertiary/aromatic N) is 2. The molecule has 120 valence electrons. The third-order valence-corrected chi connectivity index (χ3v) is 3.59. The Labute approximate surface area is 150 Å². The molecule has 0 spiro atoms. The van der Waals surface area contributed by atoms with Crippen molar-refractivity contribution in [3.05, 3.63) is 62.9 Å². The van der Waals surface area contributed by atoms with Gasteiger partial charge in [0, 0.05) is 0 Å². The molecule has 2 aromatic carbocycles. The monoisotopic (exact) mass is 419 g/mol. The lowest BCUT2D eigenvalue weighted by Gasteiger charge is -2.11. The molecular formula is C14H9BrCl2FN3O2. The van der Waals surface area contributed by atoms with E-state index in [1.807, 2.05) is 0 Å². The topological polar surface area (TPSA) is 67.1 Å². The summed E-state index contributed by atoms with van der Waals surface area (Å²) in [5.74, 6) is -0.704. The third kappa shape index (κ3) is 3.26. The van der Waals surface area contributed by atoms with Gasteiger partial charge in [-0.3, -0.25) is 10.2 Å². The second-order valence-electron chi connectivity index (χ2n) is 4.45. The zero-order chi connectivity index (χ0) is 15.9. The molecule has 5 nitrogen and oxygen atoms in total. The van der Waals surface area contributed by atoms with Gasteiger partial charge in [0.1, 0.15) is 17.7 Å². The summed E-state index contributed by atoms with van der Waals surface area (Å²) in [6.07, 6.45) is 1.18. The summed E-state index contributed by atoms with van der Waals surface area (Å²) in [7, 11) is 0. The van der Waals surface area contributed by atoms with Crippen LogP contribution in [0.5, 0.6) is 5.75 Å². The van der Waals surface area contributed by atoms with Crippen molar-refractivity contribution < 1.29 is 9.50 Å². The summed E-state index contributed by atoms with van der Waals surface area (Å²) in [5.41, 5.74) is 2.73. The zero-order valence-electron chi connectivity index (χ0n) is 11.3. The van der Waals surface area contributed by atoms with Crippen LogP contribution in [-0.4, -0.2) is 14.8 Å². The number of hydrogen-bond acceptors (Lipinski definition) is 4. The zero-order valence-corrected chi connectivity index (χ0v) is 14.5. The van der Waals surface area contributed by atoms with Crippen LogP contribution < -0.4 is 11.0 Å². The maximum absolute atomic E-state index is 12.9. The summed E-state index contributed by atoms with van der Waals surface area (Å²) in [4.78, 5) is 16.4. The van der Waals surface area contributed by atoms with Crippen LogP contribution in [0.3, 0.4) is 0 Å². The first kappa shape index (κ1) is 17.5. The molecule has 0 unspecified atom stereocenters. The molecule has 0 bridgehead atoms. The van der Waals surface area contributed by atoms with Crippen molar-refractivity contribution in [2.45, 2.75) is 0 Å². The normalized spacial score (nSPS) is 10.4. The van der Waals surface area contributed by atoms with Crippen LogP contribution in [0, 0.1) is 5.82 Å². The average molecular weight is 421 g/mol. The molecule has 0 fully saturated rings. The molecule has 2 N–H and O–H groups in total. The minimum Gasteiger partial charge on any atom is -0.504 e. The number of hydrogen-bond donors (Lipinski definition) is 2. The van der Waals surface area contributed by atoms with E-state index in [1.165, 1.54) is 36.7 Å². The van der Waals surface area contributed by atoms with Crippen LogP contribution in [0.15, 0.2) is 41.5 Å². The maximum Gasteiger partial charge on any atom is 0.281 e. The highest BCUT2D eigenvalue weighted by Gasteiger charge is 2.15. The van der Waals surface area contributed by atoms with E-state index in [1.54, 1.807) is 0 Å². The molecule has 0 saturated carbocycles. The standard InChI is InChI=1S/C14H8Cl2FN3O2.BrH/c15-9-5-10(16)13(21)12-11(9)14(22)20(6-18-12)19-8-3-1-7(17)2-4-8;/h1-6,19,21H;1H. The van der Waals surface area contributed by atoms with Gasteiger partial charge in [-0.2, -0.15) is 0 Å². The first-order chi connectivity index (χ1) is 10.5. The fraction of sp³-hybridized carbons (Fsp3) is 0. The van der Waals surface area contributed by atoms with Gasteiger partial charge in [0.05, 0.1) is 21.1 Å². The van der Waals surface area contributed by atoms with E-state index in [0.717, 1.165) is 4.68 Å². The second kappa shape index (κ2) is 6.74. The number of phenols is 1. The van der Waals surface area contributed by atoms with E-state index < -0.39 is 11.4 Å². The summed E-state index contributed by atoms with van der Waals surface area (Å²) in [6.45, 7) is 0. The number of aromatic nitrogens is 2. The molecule has 1 aromatic heterocycles. The van der Waals surface area contributed by atoms with Crippen LogP contribution >= 0.6 is 40.2 Å². The van der Waals surface area contributed by atoms with Gasteiger partial charge >= 0.3 is 0 Å². The fourth-order valence-corrected chi connectivity index (χ4v) is 2.49. The van der Waals surface area contributed by atoms with Crippen molar-refractivity contribution in [1.82, 2.24) is 9.66 Å². The van der Waals surface area contributed by atoms with E-state index in [0.29, 0.717) is 5.69 Å². The fourth-order valence-electron chi connectivity index (χ4n) is 1.96. The van der Waals surface area contributed by atoms with E-state index in [9.17, 15) is 14.3 Å². The number of aromatic hydroxyl groups is 1.